The smallest absolute Gasteiger partial charge is 0.123 e. The third-order valence-corrected chi connectivity index (χ3v) is 3.47. The molecular formula is C17H15FN2O. The molecular weight excluding hydrogens is 267 g/mol. The highest BCUT2D eigenvalue weighted by Gasteiger charge is 2.14. The number of fused-ring (bicyclic) bond motifs is 1. The van der Waals surface area contributed by atoms with Crippen molar-refractivity contribution in [1.29, 1.82) is 0 Å². The van der Waals surface area contributed by atoms with Gasteiger partial charge in [0.1, 0.15) is 5.82 Å². The molecule has 3 aromatic rings. The van der Waals surface area contributed by atoms with Crippen LogP contribution < -0.4 is 5.73 Å². The van der Waals surface area contributed by atoms with E-state index in [2.05, 4.69) is 4.98 Å². The quantitative estimate of drug-likeness (QED) is 0.725. The van der Waals surface area contributed by atoms with Gasteiger partial charge in [-0.1, -0.05) is 24.3 Å². The lowest BCUT2D eigenvalue weighted by Crippen LogP contribution is -2.07. The van der Waals surface area contributed by atoms with Crippen molar-refractivity contribution in [3.63, 3.8) is 0 Å². The third-order valence-electron chi connectivity index (χ3n) is 3.47. The van der Waals surface area contributed by atoms with Crippen molar-refractivity contribution in [2.24, 2.45) is 0 Å². The Morgan fingerprint density at radius 3 is 2.76 bits per heavy atom. The molecule has 0 aliphatic heterocycles. The number of aliphatic hydroxyl groups excluding tert-OH is 1. The first kappa shape index (κ1) is 13.5. The second-order valence-corrected chi connectivity index (χ2v) is 4.99. The summed E-state index contributed by atoms with van der Waals surface area (Å²) in [6.07, 6.45) is -0.590. The van der Waals surface area contributed by atoms with Gasteiger partial charge in [-0.05, 0) is 30.3 Å². The van der Waals surface area contributed by atoms with E-state index in [4.69, 9.17) is 5.73 Å². The van der Waals surface area contributed by atoms with Crippen molar-refractivity contribution in [1.82, 2.24) is 4.98 Å². The Balaban J connectivity index is 1.88. The third kappa shape index (κ3) is 2.85. The fourth-order valence-corrected chi connectivity index (χ4v) is 2.36. The van der Waals surface area contributed by atoms with Gasteiger partial charge in [-0.2, -0.15) is 0 Å². The van der Waals surface area contributed by atoms with Gasteiger partial charge in [0.05, 0.1) is 11.6 Å². The fourth-order valence-electron chi connectivity index (χ4n) is 2.36. The summed E-state index contributed by atoms with van der Waals surface area (Å²) in [6.45, 7) is 0. The van der Waals surface area contributed by atoms with Crippen molar-refractivity contribution < 1.29 is 9.50 Å². The van der Waals surface area contributed by atoms with Crippen molar-refractivity contribution in [2.45, 2.75) is 12.5 Å². The van der Waals surface area contributed by atoms with Crippen molar-refractivity contribution >= 4 is 16.6 Å². The summed E-state index contributed by atoms with van der Waals surface area (Å²) >= 11 is 0. The average Bonchev–Trinajstić information content (AvgIpc) is 2.49. The van der Waals surface area contributed by atoms with E-state index in [1.807, 2.05) is 36.4 Å². The molecule has 0 radical (unpaired) electrons. The minimum atomic E-state index is -0.880. The van der Waals surface area contributed by atoms with Crippen LogP contribution in [0.5, 0.6) is 0 Å². The van der Waals surface area contributed by atoms with Crippen LogP contribution in [0.15, 0.2) is 54.6 Å². The molecule has 0 spiro atoms. The van der Waals surface area contributed by atoms with Crippen LogP contribution >= 0.6 is 0 Å². The molecule has 4 heteroatoms. The fraction of sp³-hybridized carbons (Fsp3) is 0.118. The molecule has 1 unspecified atom stereocenters. The first-order valence-corrected chi connectivity index (χ1v) is 6.71. The topological polar surface area (TPSA) is 59.1 Å². The molecule has 1 aromatic heterocycles. The molecule has 0 fully saturated rings. The number of hydrogen-bond donors (Lipinski definition) is 2. The molecule has 3 rings (SSSR count). The van der Waals surface area contributed by atoms with E-state index in [1.165, 1.54) is 18.2 Å². The molecule has 0 saturated carbocycles. The number of anilines is 1. The Morgan fingerprint density at radius 2 is 1.90 bits per heavy atom. The van der Waals surface area contributed by atoms with E-state index in [1.54, 1.807) is 0 Å². The Kier molecular flexibility index (Phi) is 3.54. The second-order valence-electron chi connectivity index (χ2n) is 4.99. The molecule has 0 saturated heterocycles. The molecule has 1 atom stereocenters. The molecule has 0 bridgehead atoms. The van der Waals surface area contributed by atoms with Gasteiger partial charge in [-0.3, -0.25) is 4.98 Å². The Bertz CT molecular complexity index is 789. The van der Waals surface area contributed by atoms with E-state index in [0.717, 1.165) is 16.6 Å². The number of pyridine rings is 1. The van der Waals surface area contributed by atoms with Gasteiger partial charge in [0, 0.05) is 28.8 Å². The van der Waals surface area contributed by atoms with Crippen molar-refractivity contribution in [3.8, 4) is 0 Å². The monoisotopic (exact) mass is 282 g/mol. The summed E-state index contributed by atoms with van der Waals surface area (Å²) in [6, 6.07) is 15.6. The number of nitrogen functional groups attached to an aromatic ring is 1. The van der Waals surface area contributed by atoms with Gasteiger partial charge >= 0.3 is 0 Å². The van der Waals surface area contributed by atoms with Gasteiger partial charge in [-0.15, -0.1) is 0 Å². The maximum atomic E-state index is 13.3. The van der Waals surface area contributed by atoms with Crippen molar-refractivity contribution in [2.75, 3.05) is 5.73 Å². The first-order valence-electron chi connectivity index (χ1n) is 6.71. The number of hydrogen-bond acceptors (Lipinski definition) is 3. The minimum Gasteiger partial charge on any atom is -0.398 e. The van der Waals surface area contributed by atoms with E-state index in [0.29, 0.717) is 17.7 Å². The summed E-state index contributed by atoms with van der Waals surface area (Å²) in [5, 5.41) is 11.3. The van der Waals surface area contributed by atoms with E-state index >= 15 is 0 Å². The van der Waals surface area contributed by atoms with Crippen LogP contribution in [0.3, 0.4) is 0 Å². The largest absolute Gasteiger partial charge is 0.398 e. The number of aliphatic hydroxyl groups is 1. The number of para-hydroxylation sites is 1. The first-order chi connectivity index (χ1) is 10.1. The number of benzene rings is 2. The Hall–Kier alpha value is -2.46. The maximum absolute atomic E-state index is 13.3. The van der Waals surface area contributed by atoms with E-state index < -0.39 is 11.9 Å². The number of nitrogens with zero attached hydrogens (tertiary/aromatic N) is 1. The number of halogens is 1. The zero-order valence-electron chi connectivity index (χ0n) is 11.3. The molecule has 106 valence electrons. The molecule has 1 heterocycles. The molecule has 0 amide bonds. The molecule has 21 heavy (non-hydrogen) atoms. The summed E-state index contributed by atoms with van der Waals surface area (Å²) in [7, 11) is 0. The van der Waals surface area contributed by atoms with Gasteiger partial charge < -0.3 is 10.8 Å². The summed E-state index contributed by atoms with van der Waals surface area (Å²) in [4.78, 5) is 4.50. The highest BCUT2D eigenvalue weighted by Crippen LogP contribution is 2.25. The molecule has 0 aliphatic carbocycles. The van der Waals surface area contributed by atoms with Crippen LogP contribution in [0.25, 0.3) is 10.9 Å². The summed E-state index contributed by atoms with van der Waals surface area (Å²) in [5.74, 6) is -0.412. The van der Waals surface area contributed by atoms with Crippen LogP contribution in [0.4, 0.5) is 10.1 Å². The standard InChI is InChI=1S/C17H15FN2O/c18-12-6-8-15(19)14(9-12)17(21)10-13-7-5-11-3-1-2-4-16(11)20-13/h1-9,17,21H,10,19H2. The Labute approximate surface area is 121 Å². The van der Waals surface area contributed by atoms with Crippen molar-refractivity contribution in [3.05, 3.63) is 71.7 Å². The maximum Gasteiger partial charge on any atom is 0.123 e. The second kappa shape index (κ2) is 5.50. The lowest BCUT2D eigenvalue weighted by atomic mass is 10.0. The normalized spacial score (nSPS) is 12.5. The number of rotatable bonds is 3. The zero-order valence-corrected chi connectivity index (χ0v) is 11.3. The summed E-state index contributed by atoms with van der Waals surface area (Å²) in [5.41, 5.74) is 8.17. The van der Waals surface area contributed by atoms with Gasteiger partial charge in [-0.25, -0.2) is 4.39 Å². The molecule has 3 N–H and O–H groups in total. The summed E-state index contributed by atoms with van der Waals surface area (Å²) < 4.78 is 13.3. The van der Waals surface area contributed by atoms with E-state index in [9.17, 15) is 9.50 Å². The molecule has 0 aliphatic rings. The predicted molar refractivity (Wildman–Crippen MR) is 81.2 cm³/mol. The lowest BCUT2D eigenvalue weighted by molar-refractivity contribution is 0.177. The van der Waals surface area contributed by atoms with Gasteiger partial charge in [0.15, 0.2) is 0 Å². The predicted octanol–water partition coefficient (Wildman–Crippen LogP) is 3.23. The molecule has 3 nitrogen and oxygen atoms in total. The zero-order chi connectivity index (χ0) is 14.8. The number of aromatic nitrogens is 1. The Morgan fingerprint density at radius 1 is 1.10 bits per heavy atom. The van der Waals surface area contributed by atoms with Gasteiger partial charge in [0.2, 0.25) is 0 Å². The van der Waals surface area contributed by atoms with Crippen LogP contribution in [-0.2, 0) is 6.42 Å². The number of nitrogens with two attached hydrogens (primary N) is 1. The highest BCUT2D eigenvalue weighted by molar-refractivity contribution is 5.78. The van der Waals surface area contributed by atoms with E-state index in [-0.39, 0.29) is 0 Å². The highest BCUT2D eigenvalue weighted by atomic mass is 19.1. The van der Waals surface area contributed by atoms with Crippen LogP contribution in [0, 0.1) is 5.82 Å². The van der Waals surface area contributed by atoms with Crippen LogP contribution in [0.2, 0.25) is 0 Å². The SMILES string of the molecule is Nc1ccc(F)cc1C(O)Cc1ccc2ccccc2n1. The molecule has 2 aromatic carbocycles. The van der Waals surface area contributed by atoms with Crippen LogP contribution in [0.1, 0.15) is 17.4 Å². The average molecular weight is 282 g/mol. The lowest BCUT2D eigenvalue weighted by Gasteiger charge is -2.13. The van der Waals surface area contributed by atoms with Crippen LogP contribution in [-0.4, -0.2) is 10.1 Å². The minimum absolute atomic E-state index is 0.290. The van der Waals surface area contributed by atoms with Gasteiger partial charge in [0.25, 0.3) is 0 Å².